The fourth-order valence-electron chi connectivity index (χ4n) is 2.83. The van der Waals surface area contributed by atoms with Crippen LogP contribution in [0.4, 0.5) is 0 Å². The highest BCUT2D eigenvalue weighted by Gasteiger charge is 2.16. The molecule has 104 valence electrons. The van der Waals surface area contributed by atoms with Crippen molar-refractivity contribution in [1.29, 1.82) is 0 Å². The van der Waals surface area contributed by atoms with Crippen LogP contribution in [0.5, 0.6) is 0 Å². The first kappa shape index (κ1) is 14.6. The Morgan fingerprint density at radius 3 is 2.89 bits per heavy atom. The lowest BCUT2D eigenvalue weighted by Gasteiger charge is -2.26. The number of hydrogen-bond acceptors (Lipinski definition) is 3. The lowest BCUT2D eigenvalue weighted by atomic mass is 9.89. The summed E-state index contributed by atoms with van der Waals surface area (Å²) in [5.74, 6) is 6.66. The first-order chi connectivity index (χ1) is 9.29. The maximum Gasteiger partial charge on any atom is 0.104 e. The Labute approximate surface area is 120 Å². The quantitative estimate of drug-likeness (QED) is 0.855. The van der Waals surface area contributed by atoms with Gasteiger partial charge in [0.05, 0.1) is 0 Å². The molecule has 0 aromatic carbocycles. The zero-order chi connectivity index (χ0) is 13.5. The lowest BCUT2D eigenvalue weighted by molar-refractivity contribution is 0.229. The maximum absolute atomic E-state index is 8.77. The summed E-state index contributed by atoms with van der Waals surface area (Å²) < 4.78 is 0. The minimum Gasteiger partial charge on any atom is -0.384 e. The van der Waals surface area contributed by atoms with E-state index in [-0.39, 0.29) is 6.61 Å². The highest BCUT2D eigenvalue weighted by atomic mass is 32.1. The van der Waals surface area contributed by atoms with Gasteiger partial charge in [0.2, 0.25) is 0 Å². The Morgan fingerprint density at radius 2 is 2.16 bits per heavy atom. The predicted octanol–water partition coefficient (Wildman–Crippen LogP) is 3.10. The predicted molar refractivity (Wildman–Crippen MR) is 81.2 cm³/mol. The molecule has 0 unspecified atom stereocenters. The SMILES string of the molecule is CN(Cc1sccc1C#CCO)CC1CCCCC1. The largest absolute Gasteiger partial charge is 0.384 e. The lowest BCUT2D eigenvalue weighted by Crippen LogP contribution is -2.26. The standard InChI is InChI=1S/C16H23NOS/c1-17(12-14-6-3-2-4-7-14)13-16-15(8-5-10-18)9-11-19-16/h9,11,14,18H,2-4,6-7,10,12-13H2,1H3. The molecule has 0 spiro atoms. The number of hydrogen-bond donors (Lipinski definition) is 1. The molecule has 1 N–H and O–H groups in total. The first-order valence-electron chi connectivity index (χ1n) is 7.14. The number of rotatable bonds is 4. The Balaban J connectivity index is 1.87. The van der Waals surface area contributed by atoms with Crippen LogP contribution in [0.2, 0.25) is 0 Å². The summed E-state index contributed by atoms with van der Waals surface area (Å²) in [5, 5.41) is 10.9. The molecule has 2 rings (SSSR count). The smallest absolute Gasteiger partial charge is 0.104 e. The van der Waals surface area contributed by atoms with E-state index in [2.05, 4.69) is 35.2 Å². The van der Waals surface area contributed by atoms with Crippen molar-refractivity contribution in [2.24, 2.45) is 5.92 Å². The summed E-state index contributed by atoms with van der Waals surface area (Å²) >= 11 is 1.76. The van der Waals surface area contributed by atoms with Gasteiger partial charge >= 0.3 is 0 Å². The van der Waals surface area contributed by atoms with Crippen molar-refractivity contribution in [2.75, 3.05) is 20.2 Å². The molecule has 0 bridgehead atoms. The van der Waals surface area contributed by atoms with Gasteiger partial charge in [-0.15, -0.1) is 11.3 Å². The normalized spacial score (nSPS) is 16.4. The zero-order valence-corrected chi connectivity index (χ0v) is 12.5. The minimum absolute atomic E-state index is 0.0623. The molecule has 1 aromatic heterocycles. The second-order valence-corrected chi connectivity index (χ2v) is 6.42. The molecule has 0 amide bonds. The van der Waals surface area contributed by atoms with Crippen LogP contribution < -0.4 is 0 Å². The van der Waals surface area contributed by atoms with E-state index in [0.29, 0.717) is 0 Å². The Bertz CT molecular complexity index is 437. The molecule has 1 fully saturated rings. The van der Waals surface area contributed by atoms with E-state index in [9.17, 15) is 0 Å². The molecule has 0 saturated heterocycles. The molecule has 3 heteroatoms. The second kappa shape index (κ2) is 7.69. The molecular formula is C16H23NOS. The van der Waals surface area contributed by atoms with Crippen molar-refractivity contribution in [3.05, 3.63) is 21.9 Å². The van der Waals surface area contributed by atoms with Crippen molar-refractivity contribution in [3.8, 4) is 11.8 Å². The van der Waals surface area contributed by atoms with Gasteiger partial charge in [-0.05, 0) is 37.3 Å². The average molecular weight is 277 g/mol. The maximum atomic E-state index is 8.77. The van der Waals surface area contributed by atoms with Crippen LogP contribution in [0.25, 0.3) is 0 Å². The molecule has 1 aliphatic carbocycles. The molecule has 1 aromatic rings. The van der Waals surface area contributed by atoms with Crippen molar-refractivity contribution < 1.29 is 5.11 Å². The Kier molecular flexibility index (Phi) is 5.91. The third-order valence-corrected chi connectivity index (χ3v) is 4.66. The molecule has 1 saturated carbocycles. The number of aliphatic hydroxyl groups excluding tert-OH is 1. The van der Waals surface area contributed by atoms with Gasteiger partial charge in [0.1, 0.15) is 6.61 Å². The fraction of sp³-hybridized carbons (Fsp3) is 0.625. The summed E-state index contributed by atoms with van der Waals surface area (Å²) in [6.45, 7) is 2.11. The third kappa shape index (κ3) is 4.65. The van der Waals surface area contributed by atoms with Crippen molar-refractivity contribution in [2.45, 2.75) is 38.6 Å². The fourth-order valence-corrected chi connectivity index (χ4v) is 3.74. The van der Waals surface area contributed by atoms with E-state index in [4.69, 9.17) is 5.11 Å². The molecular weight excluding hydrogens is 254 g/mol. The molecule has 0 atom stereocenters. The van der Waals surface area contributed by atoms with Crippen LogP contribution in [0.1, 0.15) is 42.5 Å². The summed E-state index contributed by atoms with van der Waals surface area (Å²) in [5.41, 5.74) is 1.08. The summed E-state index contributed by atoms with van der Waals surface area (Å²) in [4.78, 5) is 3.74. The molecule has 0 radical (unpaired) electrons. The number of thiophene rings is 1. The van der Waals surface area contributed by atoms with E-state index in [0.717, 1.165) is 18.0 Å². The molecule has 19 heavy (non-hydrogen) atoms. The van der Waals surface area contributed by atoms with Crippen molar-refractivity contribution in [1.82, 2.24) is 4.90 Å². The highest BCUT2D eigenvalue weighted by Crippen LogP contribution is 2.25. The summed E-state index contributed by atoms with van der Waals surface area (Å²) in [6, 6.07) is 2.05. The summed E-state index contributed by atoms with van der Waals surface area (Å²) in [6.07, 6.45) is 7.03. The van der Waals surface area contributed by atoms with E-state index < -0.39 is 0 Å². The van der Waals surface area contributed by atoms with Gasteiger partial charge in [-0.3, -0.25) is 0 Å². The third-order valence-electron chi connectivity index (χ3n) is 3.76. The Morgan fingerprint density at radius 1 is 1.37 bits per heavy atom. The highest BCUT2D eigenvalue weighted by molar-refractivity contribution is 7.10. The molecule has 1 aliphatic rings. The van der Waals surface area contributed by atoms with Gasteiger partial charge in [0.15, 0.2) is 0 Å². The van der Waals surface area contributed by atoms with Crippen LogP contribution in [0, 0.1) is 17.8 Å². The first-order valence-corrected chi connectivity index (χ1v) is 8.02. The minimum atomic E-state index is -0.0623. The number of aliphatic hydroxyl groups is 1. The van der Waals surface area contributed by atoms with Gasteiger partial charge in [0.25, 0.3) is 0 Å². The van der Waals surface area contributed by atoms with Gasteiger partial charge < -0.3 is 10.0 Å². The van der Waals surface area contributed by atoms with E-state index in [1.165, 1.54) is 43.5 Å². The van der Waals surface area contributed by atoms with Crippen molar-refractivity contribution in [3.63, 3.8) is 0 Å². The van der Waals surface area contributed by atoms with Crippen LogP contribution in [-0.4, -0.2) is 30.2 Å². The van der Waals surface area contributed by atoms with Crippen molar-refractivity contribution >= 4 is 11.3 Å². The van der Waals surface area contributed by atoms with Crippen LogP contribution in [-0.2, 0) is 6.54 Å². The van der Waals surface area contributed by atoms with Gasteiger partial charge in [-0.25, -0.2) is 0 Å². The monoisotopic (exact) mass is 277 g/mol. The second-order valence-electron chi connectivity index (χ2n) is 5.42. The van der Waals surface area contributed by atoms with E-state index in [1.54, 1.807) is 11.3 Å². The van der Waals surface area contributed by atoms with Crippen LogP contribution >= 0.6 is 11.3 Å². The Hall–Kier alpha value is -0.820. The van der Waals surface area contributed by atoms with Gasteiger partial charge in [0, 0.05) is 23.5 Å². The molecule has 1 heterocycles. The topological polar surface area (TPSA) is 23.5 Å². The summed E-state index contributed by atoms with van der Waals surface area (Å²) in [7, 11) is 2.21. The van der Waals surface area contributed by atoms with Crippen LogP contribution in [0.15, 0.2) is 11.4 Å². The van der Waals surface area contributed by atoms with Gasteiger partial charge in [-0.1, -0.05) is 31.1 Å². The van der Waals surface area contributed by atoms with E-state index in [1.807, 2.05) is 0 Å². The van der Waals surface area contributed by atoms with E-state index >= 15 is 0 Å². The number of nitrogens with zero attached hydrogens (tertiary/aromatic N) is 1. The van der Waals surface area contributed by atoms with Crippen LogP contribution in [0.3, 0.4) is 0 Å². The average Bonchev–Trinajstić information content (AvgIpc) is 2.84. The molecule has 2 nitrogen and oxygen atoms in total. The zero-order valence-electron chi connectivity index (χ0n) is 11.7. The van der Waals surface area contributed by atoms with Gasteiger partial charge in [-0.2, -0.15) is 0 Å². The molecule has 0 aliphatic heterocycles.